The molecule has 0 amide bonds. The van der Waals surface area contributed by atoms with Gasteiger partial charge in [-0.15, -0.1) is 0 Å². The van der Waals surface area contributed by atoms with Gasteiger partial charge in [0, 0.05) is 33.9 Å². The molecule has 0 aliphatic rings. The summed E-state index contributed by atoms with van der Waals surface area (Å²) in [6.07, 6.45) is 0. The van der Waals surface area contributed by atoms with Crippen molar-refractivity contribution in [1.29, 1.82) is 0 Å². The Hall–Kier alpha value is -4.11. The van der Waals surface area contributed by atoms with E-state index in [1.54, 1.807) is 7.11 Å². The Morgan fingerprint density at radius 3 is 2.63 bits per heavy atom. The molecule has 10 heteroatoms. The molecule has 0 unspecified atom stereocenters. The third-order valence-electron chi connectivity index (χ3n) is 6.23. The van der Waals surface area contributed by atoms with Gasteiger partial charge in [-0.2, -0.15) is 5.10 Å². The first-order valence-electron chi connectivity index (χ1n) is 11.0. The molecular formula is C25H22ClN7O2. The fourth-order valence-corrected chi connectivity index (χ4v) is 4.87. The number of methoxy groups -OCH3 is 1. The molecule has 176 valence electrons. The summed E-state index contributed by atoms with van der Waals surface area (Å²) in [5.41, 5.74) is 5.18. The maximum atomic E-state index is 6.28. The van der Waals surface area contributed by atoms with Gasteiger partial charge in [-0.05, 0) is 51.1 Å². The summed E-state index contributed by atoms with van der Waals surface area (Å²) in [6.45, 7) is 5.67. The van der Waals surface area contributed by atoms with Gasteiger partial charge in [-0.25, -0.2) is 9.97 Å². The van der Waals surface area contributed by atoms with Crippen molar-refractivity contribution in [2.75, 3.05) is 12.4 Å². The van der Waals surface area contributed by atoms with E-state index < -0.39 is 0 Å². The fourth-order valence-electron chi connectivity index (χ4n) is 4.70. The van der Waals surface area contributed by atoms with Crippen LogP contribution in [0.2, 0.25) is 5.02 Å². The van der Waals surface area contributed by atoms with E-state index in [1.165, 1.54) is 0 Å². The van der Waals surface area contributed by atoms with Crippen LogP contribution in [0.1, 0.15) is 17.3 Å². The fraction of sp³-hybridized carbons (Fsp3) is 0.200. The lowest BCUT2D eigenvalue weighted by Crippen LogP contribution is -2.00. The average Bonchev–Trinajstić information content (AvgIpc) is 3.44. The van der Waals surface area contributed by atoms with Crippen LogP contribution in [0.15, 0.2) is 34.9 Å². The SMILES string of the molecule is COc1cc2c(cc1-c1c(C)noc1C)[nH]c1nc(C)nc(Nc3nn(C)c4ccc(Cl)cc34)c12. The van der Waals surface area contributed by atoms with E-state index in [-0.39, 0.29) is 0 Å². The van der Waals surface area contributed by atoms with Crippen LogP contribution in [0.4, 0.5) is 11.6 Å². The molecule has 2 N–H and O–H groups in total. The lowest BCUT2D eigenvalue weighted by atomic mass is 10.0. The molecule has 0 aliphatic heterocycles. The van der Waals surface area contributed by atoms with Crippen LogP contribution < -0.4 is 10.1 Å². The Balaban J connectivity index is 1.59. The molecule has 0 bridgehead atoms. The van der Waals surface area contributed by atoms with E-state index in [0.717, 1.165) is 49.8 Å². The molecule has 0 saturated carbocycles. The highest BCUT2D eigenvalue weighted by Gasteiger charge is 2.21. The van der Waals surface area contributed by atoms with Crippen molar-refractivity contribution in [2.24, 2.45) is 7.05 Å². The molecule has 6 aromatic rings. The number of nitrogens with one attached hydrogen (secondary N) is 2. The molecule has 9 nitrogen and oxygen atoms in total. The van der Waals surface area contributed by atoms with Crippen molar-refractivity contribution in [3.63, 3.8) is 0 Å². The summed E-state index contributed by atoms with van der Waals surface area (Å²) in [7, 11) is 3.55. The van der Waals surface area contributed by atoms with Crippen LogP contribution in [0, 0.1) is 20.8 Å². The predicted molar refractivity (Wildman–Crippen MR) is 137 cm³/mol. The molecule has 0 saturated heterocycles. The number of halogens is 1. The number of hydrogen-bond acceptors (Lipinski definition) is 7. The van der Waals surface area contributed by atoms with E-state index in [1.807, 2.05) is 62.8 Å². The van der Waals surface area contributed by atoms with Gasteiger partial charge in [0.2, 0.25) is 0 Å². The molecule has 0 fully saturated rings. The van der Waals surface area contributed by atoms with Crippen LogP contribution >= 0.6 is 11.6 Å². The average molecular weight is 488 g/mol. The van der Waals surface area contributed by atoms with E-state index >= 15 is 0 Å². The molecule has 6 rings (SSSR count). The lowest BCUT2D eigenvalue weighted by molar-refractivity contribution is 0.393. The Bertz CT molecular complexity index is 1760. The molecule has 0 atom stereocenters. The van der Waals surface area contributed by atoms with Crippen LogP contribution in [0.3, 0.4) is 0 Å². The third-order valence-corrected chi connectivity index (χ3v) is 6.47. The minimum Gasteiger partial charge on any atom is -0.496 e. The largest absolute Gasteiger partial charge is 0.496 e. The Labute approximate surface area is 205 Å². The Kier molecular flexibility index (Phi) is 4.72. The minimum atomic E-state index is 0.628. The predicted octanol–water partition coefficient (Wildman–Crippen LogP) is 5.98. The zero-order valence-corrected chi connectivity index (χ0v) is 20.6. The van der Waals surface area contributed by atoms with Gasteiger partial charge in [0.15, 0.2) is 5.82 Å². The van der Waals surface area contributed by atoms with Crippen LogP contribution in [0.5, 0.6) is 5.75 Å². The van der Waals surface area contributed by atoms with Crippen molar-refractivity contribution < 1.29 is 9.26 Å². The zero-order chi connectivity index (χ0) is 24.4. The van der Waals surface area contributed by atoms with Gasteiger partial charge >= 0.3 is 0 Å². The smallest absolute Gasteiger partial charge is 0.161 e. The molecule has 4 heterocycles. The van der Waals surface area contributed by atoms with Gasteiger partial charge in [-0.3, -0.25) is 4.68 Å². The maximum absolute atomic E-state index is 6.28. The number of hydrogen-bond donors (Lipinski definition) is 2. The van der Waals surface area contributed by atoms with Crippen molar-refractivity contribution >= 4 is 56.1 Å². The monoisotopic (exact) mass is 487 g/mol. The van der Waals surface area contributed by atoms with Gasteiger partial charge in [-0.1, -0.05) is 16.8 Å². The highest BCUT2D eigenvalue weighted by Crippen LogP contribution is 2.41. The summed E-state index contributed by atoms with van der Waals surface area (Å²) >= 11 is 6.28. The number of H-pyrrole nitrogens is 1. The highest BCUT2D eigenvalue weighted by atomic mass is 35.5. The van der Waals surface area contributed by atoms with Gasteiger partial charge in [0.1, 0.15) is 28.8 Å². The highest BCUT2D eigenvalue weighted by molar-refractivity contribution is 6.31. The Morgan fingerprint density at radius 2 is 1.89 bits per heavy atom. The van der Waals surface area contributed by atoms with E-state index in [0.29, 0.717) is 33.9 Å². The van der Waals surface area contributed by atoms with Crippen LogP contribution in [-0.2, 0) is 7.05 Å². The summed E-state index contributed by atoms with van der Waals surface area (Å²) < 4.78 is 13.0. The van der Waals surface area contributed by atoms with E-state index in [4.69, 9.17) is 25.8 Å². The summed E-state index contributed by atoms with van der Waals surface area (Å²) in [5.74, 6) is 3.37. The van der Waals surface area contributed by atoms with Crippen molar-refractivity contribution in [3.8, 4) is 16.9 Å². The number of benzene rings is 2. The second-order valence-electron chi connectivity index (χ2n) is 8.52. The maximum Gasteiger partial charge on any atom is 0.161 e. The topological polar surface area (TPSA) is 107 Å². The van der Waals surface area contributed by atoms with Gasteiger partial charge in [0.25, 0.3) is 0 Å². The Morgan fingerprint density at radius 1 is 1.06 bits per heavy atom. The number of aromatic amines is 1. The molecule has 35 heavy (non-hydrogen) atoms. The number of fused-ring (bicyclic) bond motifs is 4. The minimum absolute atomic E-state index is 0.628. The molecule has 2 aromatic carbocycles. The standard InChI is InChI=1S/C25H22ClN7O2/c1-11-21(12(2)35-32-11)17-9-18-15(10-20(17)34-5)22-24(29-18)27-13(3)28-25(22)30-23-16-8-14(26)6-7-19(16)33(4)31-23/h6-10H,1-5H3,(H2,27,28,29,30,31). The van der Waals surface area contributed by atoms with Crippen molar-refractivity contribution in [3.05, 3.63) is 52.6 Å². The number of aromatic nitrogens is 6. The quantitative estimate of drug-likeness (QED) is 0.315. The molecule has 4 aromatic heterocycles. The first-order valence-corrected chi connectivity index (χ1v) is 11.4. The van der Waals surface area contributed by atoms with Crippen LogP contribution in [0.25, 0.3) is 44.0 Å². The number of ether oxygens (including phenoxy) is 1. The zero-order valence-electron chi connectivity index (χ0n) is 19.8. The number of aryl methyl sites for hydroxylation is 4. The summed E-state index contributed by atoms with van der Waals surface area (Å²) in [6, 6.07) is 9.73. The van der Waals surface area contributed by atoms with Crippen LogP contribution in [-0.4, -0.2) is 37.0 Å². The second-order valence-corrected chi connectivity index (χ2v) is 8.96. The number of nitrogens with zero attached hydrogens (tertiary/aromatic N) is 5. The summed E-state index contributed by atoms with van der Waals surface area (Å²) in [4.78, 5) is 12.8. The van der Waals surface area contributed by atoms with Gasteiger partial charge < -0.3 is 19.6 Å². The van der Waals surface area contributed by atoms with Crippen molar-refractivity contribution in [2.45, 2.75) is 20.8 Å². The number of rotatable bonds is 4. The molecular weight excluding hydrogens is 466 g/mol. The van der Waals surface area contributed by atoms with E-state index in [9.17, 15) is 0 Å². The third kappa shape index (κ3) is 3.30. The molecule has 0 spiro atoms. The van der Waals surface area contributed by atoms with Gasteiger partial charge in [0.05, 0.1) is 29.3 Å². The van der Waals surface area contributed by atoms with E-state index in [2.05, 4.69) is 25.5 Å². The van der Waals surface area contributed by atoms with Crippen molar-refractivity contribution in [1.82, 2.24) is 29.9 Å². The normalized spacial score (nSPS) is 11.7. The first kappa shape index (κ1) is 21.4. The number of anilines is 2. The first-order chi connectivity index (χ1) is 16.8. The lowest BCUT2D eigenvalue weighted by Gasteiger charge is -2.10. The second kappa shape index (κ2) is 7.71. The molecule has 0 aliphatic carbocycles. The summed E-state index contributed by atoms with van der Waals surface area (Å²) in [5, 5.41) is 15.5. The molecule has 0 radical (unpaired) electrons.